The molecule has 1 aromatic rings. The van der Waals surface area contributed by atoms with Gasteiger partial charge in [0.2, 0.25) is 0 Å². The van der Waals surface area contributed by atoms with E-state index >= 15 is 0 Å². The van der Waals surface area contributed by atoms with E-state index in [-0.39, 0.29) is 5.78 Å². The lowest BCUT2D eigenvalue weighted by atomic mass is 9.95. The van der Waals surface area contributed by atoms with Crippen LogP contribution in [0.1, 0.15) is 31.4 Å². The Morgan fingerprint density at radius 3 is 3.18 bits per heavy atom. The van der Waals surface area contributed by atoms with Crippen molar-refractivity contribution in [1.82, 2.24) is 9.88 Å². The first-order valence-electron chi connectivity index (χ1n) is 6.25. The molecule has 2 rings (SSSR count). The van der Waals surface area contributed by atoms with Crippen LogP contribution in [0.15, 0.2) is 10.6 Å². The van der Waals surface area contributed by atoms with E-state index in [1.54, 1.807) is 13.1 Å². The molecule has 1 aliphatic rings. The fourth-order valence-electron chi connectivity index (χ4n) is 2.46. The number of rotatable bonds is 4. The maximum Gasteiger partial charge on any atom is 0.194 e. The van der Waals surface area contributed by atoms with E-state index in [4.69, 9.17) is 4.42 Å². The molecule has 2 heterocycles. The zero-order valence-corrected chi connectivity index (χ0v) is 10.6. The highest BCUT2D eigenvalue weighted by Crippen LogP contribution is 2.19. The average Bonchev–Trinajstić information content (AvgIpc) is 2.64. The second kappa shape index (κ2) is 5.45. The summed E-state index contributed by atoms with van der Waals surface area (Å²) in [6.07, 6.45) is 5.43. The summed E-state index contributed by atoms with van der Waals surface area (Å²) in [5.74, 6) is 2.22. The Hall–Kier alpha value is -1.16. The third-order valence-electron chi connectivity index (χ3n) is 3.21. The fraction of sp³-hybridized carbons (Fsp3) is 0.692. The molecule has 4 heteroatoms. The van der Waals surface area contributed by atoms with Gasteiger partial charge >= 0.3 is 0 Å². The van der Waals surface area contributed by atoms with Gasteiger partial charge in [-0.2, -0.15) is 0 Å². The number of Topliss-reactive ketones (excluding diaryl/α,β-unsaturated/α-hetero) is 1. The summed E-state index contributed by atoms with van der Waals surface area (Å²) < 4.78 is 5.58. The molecule has 1 fully saturated rings. The van der Waals surface area contributed by atoms with Crippen molar-refractivity contribution in [2.75, 3.05) is 20.1 Å². The zero-order valence-electron chi connectivity index (χ0n) is 10.6. The Morgan fingerprint density at radius 1 is 1.65 bits per heavy atom. The molecule has 0 amide bonds. The maximum absolute atomic E-state index is 11.0. The normalized spacial score (nSPS) is 21.6. The van der Waals surface area contributed by atoms with Gasteiger partial charge in [-0.05, 0) is 39.3 Å². The minimum Gasteiger partial charge on any atom is -0.445 e. The van der Waals surface area contributed by atoms with Crippen molar-refractivity contribution in [1.29, 1.82) is 0 Å². The highest BCUT2D eigenvalue weighted by Gasteiger charge is 2.19. The van der Waals surface area contributed by atoms with Crippen molar-refractivity contribution in [3.8, 4) is 0 Å². The van der Waals surface area contributed by atoms with Crippen LogP contribution in [0.4, 0.5) is 0 Å². The van der Waals surface area contributed by atoms with E-state index in [0.29, 0.717) is 18.1 Å². The molecule has 0 spiro atoms. The molecule has 4 nitrogen and oxygen atoms in total. The number of oxazole rings is 1. The van der Waals surface area contributed by atoms with Crippen LogP contribution in [0.2, 0.25) is 0 Å². The average molecular weight is 236 g/mol. The lowest BCUT2D eigenvalue weighted by Crippen LogP contribution is -2.33. The SMILES string of the molecule is CC(=O)Cc1cnc(CC2CCCN(C)C2)o1. The number of carbonyl (C=O) groups is 1. The molecular formula is C13H20N2O2. The fourth-order valence-corrected chi connectivity index (χ4v) is 2.46. The molecule has 1 aliphatic heterocycles. The summed E-state index contributed by atoms with van der Waals surface area (Å²) >= 11 is 0. The third kappa shape index (κ3) is 3.66. The summed E-state index contributed by atoms with van der Waals surface area (Å²) in [6.45, 7) is 3.88. The Kier molecular flexibility index (Phi) is 3.94. The van der Waals surface area contributed by atoms with Gasteiger partial charge in [0.25, 0.3) is 0 Å². The summed E-state index contributed by atoms with van der Waals surface area (Å²) in [5.41, 5.74) is 0. The van der Waals surface area contributed by atoms with E-state index in [1.807, 2.05) is 0 Å². The first-order chi connectivity index (χ1) is 8.13. The van der Waals surface area contributed by atoms with Gasteiger partial charge < -0.3 is 9.32 Å². The van der Waals surface area contributed by atoms with Crippen molar-refractivity contribution < 1.29 is 9.21 Å². The predicted molar refractivity (Wildman–Crippen MR) is 64.8 cm³/mol. The zero-order chi connectivity index (χ0) is 12.3. The molecular weight excluding hydrogens is 216 g/mol. The van der Waals surface area contributed by atoms with Crippen molar-refractivity contribution in [3.63, 3.8) is 0 Å². The lowest BCUT2D eigenvalue weighted by Gasteiger charge is -2.28. The Labute approximate surface area is 102 Å². The lowest BCUT2D eigenvalue weighted by molar-refractivity contribution is -0.116. The maximum atomic E-state index is 11.0. The first-order valence-corrected chi connectivity index (χ1v) is 6.25. The monoisotopic (exact) mass is 236 g/mol. The molecule has 0 N–H and O–H groups in total. The number of piperidine rings is 1. The predicted octanol–water partition coefficient (Wildman–Crippen LogP) is 1.69. The molecule has 0 saturated carbocycles. The Morgan fingerprint density at radius 2 is 2.47 bits per heavy atom. The van der Waals surface area contributed by atoms with Gasteiger partial charge in [-0.15, -0.1) is 0 Å². The largest absolute Gasteiger partial charge is 0.445 e. The summed E-state index contributed by atoms with van der Waals surface area (Å²) in [6, 6.07) is 0. The van der Waals surface area contributed by atoms with Gasteiger partial charge in [0, 0.05) is 13.0 Å². The van der Waals surface area contributed by atoms with Crippen molar-refractivity contribution in [3.05, 3.63) is 17.8 Å². The molecule has 94 valence electrons. The van der Waals surface area contributed by atoms with Crippen molar-refractivity contribution in [2.24, 2.45) is 5.92 Å². The van der Waals surface area contributed by atoms with E-state index in [0.717, 1.165) is 18.9 Å². The number of hydrogen-bond acceptors (Lipinski definition) is 4. The van der Waals surface area contributed by atoms with Crippen LogP contribution >= 0.6 is 0 Å². The second-order valence-electron chi connectivity index (χ2n) is 5.07. The third-order valence-corrected chi connectivity index (χ3v) is 3.21. The number of aromatic nitrogens is 1. The molecule has 0 bridgehead atoms. The Bertz CT molecular complexity index is 387. The van der Waals surface area contributed by atoms with Crippen LogP contribution in [-0.2, 0) is 17.6 Å². The summed E-state index contributed by atoms with van der Waals surface area (Å²) in [4.78, 5) is 17.6. The number of likely N-dealkylation sites (tertiary alicyclic amines) is 1. The standard InChI is InChI=1S/C13H20N2O2/c1-10(16)6-12-8-14-13(17-12)7-11-4-3-5-15(2)9-11/h8,11H,3-7,9H2,1-2H3. The molecule has 1 saturated heterocycles. The van der Waals surface area contributed by atoms with E-state index in [9.17, 15) is 4.79 Å². The minimum absolute atomic E-state index is 0.116. The van der Waals surface area contributed by atoms with Crippen molar-refractivity contribution >= 4 is 5.78 Å². The molecule has 1 unspecified atom stereocenters. The van der Waals surface area contributed by atoms with Gasteiger partial charge in [0.15, 0.2) is 5.89 Å². The topological polar surface area (TPSA) is 46.3 Å². The molecule has 17 heavy (non-hydrogen) atoms. The van der Waals surface area contributed by atoms with Crippen molar-refractivity contribution in [2.45, 2.75) is 32.6 Å². The summed E-state index contributed by atoms with van der Waals surface area (Å²) in [7, 11) is 2.16. The van der Waals surface area contributed by atoms with Crippen LogP contribution in [0.5, 0.6) is 0 Å². The van der Waals surface area contributed by atoms with Crippen LogP contribution < -0.4 is 0 Å². The highest BCUT2D eigenvalue weighted by atomic mass is 16.4. The Balaban J connectivity index is 1.89. The van der Waals surface area contributed by atoms with E-state index in [1.165, 1.54) is 19.4 Å². The first kappa shape index (κ1) is 12.3. The van der Waals surface area contributed by atoms with Gasteiger partial charge in [-0.1, -0.05) is 0 Å². The van der Waals surface area contributed by atoms with Crippen LogP contribution in [0.25, 0.3) is 0 Å². The number of carbonyl (C=O) groups excluding carboxylic acids is 1. The molecule has 0 aromatic carbocycles. The van der Waals surface area contributed by atoms with E-state index in [2.05, 4.69) is 16.9 Å². The smallest absolute Gasteiger partial charge is 0.194 e. The van der Waals surface area contributed by atoms with Gasteiger partial charge in [-0.25, -0.2) is 4.98 Å². The van der Waals surface area contributed by atoms with Gasteiger partial charge in [-0.3, -0.25) is 4.79 Å². The molecule has 0 aliphatic carbocycles. The number of ketones is 1. The van der Waals surface area contributed by atoms with Crippen LogP contribution in [-0.4, -0.2) is 35.8 Å². The second-order valence-corrected chi connectivity index (χ2v) is 5.07. The molecule has 1 atom stereocenters. The van der Waals surface area contributed by atoms with E-state index < -0.39 is 0 Å². The van der Waals surface area contributed by atoms with Gasteiger partial charge in [0.1, 0.15) is 11.5 Å². The van der Waals surface area contributed by atoms with Gasteiger partial charge in [0.05, 0.1) is 12.6 Å². The van der Waals surface area contributed by atoms with Crippen LogP contribution in [0.3, 0.4) is 0 Å². The quantitative estimate of drug-likeness (QED) is 0.798. The summed E-state index contributed by atoms with van der Waals surface area (Å²) in [5, 5.41) is 0. The number of hydrogen-bond donors (Lipinski definition) is 0. The highest BCUT2D eigenvalue weighted by molar-refractivity contribution is 5.77. The molecule has 0 radical (unpaired) electrons. The molecule has 1 aromatic heterocycles. The number of nitrogens with zero attached hydrogens (tertiary/aromatic N) is 2. The van der Waals surface area contributed by atoms with Crippen LogP contribution in [0, 0.1) is 5.92 Å². The minimum atomic E-state index is 0.116.